The first kappa shape index (κ1) is 18.2. The molecular formula is C18H13F3O4S. The maximum Gasteiger partial charge on any atom is 0.339 e. The lowest BCUT2D eigenvalue weighted by Crippen LogP contribution is -2.05. The Hall–Kier alpha value is -2.61. The number of aryl methyl sites for hydroxylation is 1. The third-order valence-corrected chi connectivity index (χ3v) is 5.16. The number of hydrogen-bond donors (Lipinski definition) is 0. The smallest absolute Gasteiger partial charge is 0.339 e. The van der Waals surface area contributed by atoms with Gasteiger partial charge in [-0.2, -0.15) is 0 Å². The van der Waals surface area contributed by atoms with Gasteiger partial charge in [0.25, 0.3) is 0 Å². The molecule has 4 nitrogen and oxygen atoms in total. The van der Waals surface area contributed by atoms with Crippen LogP contribution >= 0.6 is 0 Å². The van der Waals surface area contributed by atoms with Crippen LogP contribution in [0.2, 0.25) is 0 Å². The lowest BCUT2D eigenvalue weighted by Gasteiger charge is -2.09. The summed E-state index contributed by atoms with van der Waals surface area (Å²) in [7, 11) is -3.95. The van der Waals surface area contributed by atoms with E-state index in [1.54, 1.807) is 0 Å². The number of ether oxygens (including phenoxy) is 1. The average Bonchev–Trinajstić information content (AvgIpc) is 2.92. The number of carbonyl (C=O) groups excluding carboxylic acids is 1. The van der Waals surface area contributed by atoms with Crippen molar-refractivity contribution in [3.05, 3.63) is 64.5 Å². The molecule has 0 spiro atoms. The first-order chi connectivity index (χ1) is 12.1. The average molecular weight is 382 g/mol. The molecule has 0 unspecified atom stereocenters. The minimum Gasteiger partial charge on any atom is -0.457 e. The van der Waals surface area contributed by atoms with E-state index in [2.05, 4.69) is 0 Å². The van der Waals surface area contributed by atoms with Gasteiger partial charge < -0.3 is 4.74 Å². The van der Waals surface area contributed by atoms with Crippen molar-refractivity contribution < 1.29 is 31.1 Å². The van der Waals surface area contributed by atoms with Crippen molar-refractivity contribution in [3.63, 3.8) is 0 Å². The molecule has 26 heavy (non-hydrogen) atoms. The van der Waals surface area contributed by atoms with Crippen molar-refractivity contribution in [3.8, 4) is 0 Å². The molecule has 0 radical (unpaired) electrons. The highest BCUT2D eigenvalue weighted by atomic mass is 32.2. The van der Waals surface area contributed by atoms with Crippen molar-refractivity contribution in [1.29, 1.82) is 0 Å². The lowest BCUT2D eigenvalue weighted by molar-refractivity contribution is -0.133. The summed E-state index contributed by atoms with van der Waals surface area (Å²) in [4.78, 5) is 11.3. The molecule has 3 rings (SSSR count). The topological polar surface area (TPSA) is 60.4 Å². The fourth-order valence-electron chi connectivity index (χ4n) is 2.75. The second-order valence-corrected chi connectivity index (χ2v) is 7.91. The van der Waals surface area contributed by atoms with Crippen LogP contribution in [0.1, 0.15) is 16.7 Å². The Kier molecular flexibility index (Phi) is 4.39. The zero-order valence-electron chi connectivity index (χ0n) is 13.8. The molecule has 2 aromatic carbocycles. The monoisotopic (exact) mass is 382 g/mol. The van der Waals surface area contributed by atoms with Crippen LogP contribution in [0, 0.1) is 24.4 Å². The van der Waals surface area contributed by atoms with E-state index < -0.39 is 38.2 Å². The zero-order valence-corrected chi connectivity index (χ0v) is 14.6. The Labute approximate surface area is 147 Å². The van der Waals surface area contributed by atoms with Crippen LogP contribution in [0.3, 0.4) is 0 Å². The number of rotatable bonds is 3. The summed E-state index contributed by atoms with van der Waals surface area (Å²) in [5, 5.41) is 0. The van der Waals surface area contributed by atoms with Crippen molar-refractivity contribution in [2.45, 2.75) is 11.8 Å². The first-order valence-corrected chi connectivity index (χ1v) is 9.35. The number of halogens is 3. The summed E-state index contributed by atoms with van der Waals surface area (Å²) in [6.45, 7) is 1.19. The van der Waals surface area contributed by atoms with E-state index in [9.17, 15) is 26.4 Å². The minimum atomic E-state index is -3.95. The van der Waals surface area contributed by atoms with Crippen molar-refractivity contribution in [2.24, 2.45) is 0 Å². The summed E-state index contributed by atoms with van der Waals surface area (Å²) in [5.74, 6) is -3.36. The molecule has 1 aliphatic heterocycles. The maximum absolute atomic E-state index is 14.5. The van der Waals surface area contributed by atoms with E-state index in [0.717, 1.165) is 18.4 Å². The number of esters is 1. The number of carbonyl (C=O) groups is 1. The Bertz CT molecular complexity index is 1070. The summed E-state index contributed by atoms with van der Waals surface area (Å²) < 4.78 is 70.1. The normalized spacial score (nSPS) is 14.7. The van der Waals surface area contributed by atoms with Crippen LogP contribution in [0.4, 0.5) is 13.2 Å². The lowest BCUT2D eigenvalue weighted by atomic mass is 9.95. The van der Waals surface area contributed by atoms with Crippen molar-refractivity contribution in [1.82, 2.24) is 0 Å². The Balaban J connectivity index is 2.23. The third kappa shape index (κ3) is 3.12. The largest absolute Gasteiger partial charge is 0.457 e. The van der Waals surface area contributed by atoms with Gasteiger partial charge in [0, 0.05) is 17.4 Å². The maximum atomic E-state index is 14.5. The van der Waals surface area contributed by atoms with Gasteiger partial charge in [-0.15, -0.1) is 0 Å². The van der Waals surface area contributed by atoms with Crippen LogP contribution in [-0.2, 0) is 19.4 Å². The van der Waals surface area contributed by atoms with E-state index in [4.69, 9.17) is 4.74 Å². The summed E-state index contributed by atoms with van der Waals surface area (Å²) in [6.07, 6.45) is 0.763. The Morgan fingerprint density at radius 2 is 1.69 bits per heavy atom. The molecule has 0 atom stereocenters. The van der Waals surface area contributed by atoms with Gasteiger partial charge in [0.2, 0.25) is 0 Å². The molecule has 0 aromatic heterocycles. The van der Waals surface area contributed by atoms with Gasteiger partial charge in [-0.05, 0) is 42.3 Å². The van der Waals surface area contributed by atoms with Gasteiger partial charge in [0.1, 0.15) is 29.0 Å². The quantitative estimate of drug-likeness (QED) is 0.765. The van der Waals surface area contributed by atoms with Gasteiger partial charge in [-0.25, -0.2) is 26.4 Å². The van der Waals surface area contributed by atoms with E-state index >= 15 is 0 Å². The van der Waals surface area contributed by atoms with E-state index in [1.807, 2.05) is 0 Å². The fraction of sp³-hybridized carbons (Fsp3) is 0.167. The van der Waals surface area contributed by atoms with Gasteiger partial charge >= 0.3 is 5.97 Å². The highest BCUT2D eigenvalue weighted by molar-refractivity contribution is 7.90. The van der Waals surface area contributed by atoms with Crippen molar-refractivity contribution in [2.75, 3.05) is 12.9 Å². The van der Waals surface area contributed by atoms with Gasteiger partial charge in [0.15, 0.2) is 9.84 Å². The van der Waals surface area contributed by atoms with Crippen LogP contribution in [0.5, 0.6) is 0 Å². The third-order valence-electron chi connectivity index (χ3n) is 4.05. The zero-order chi connectivity index (χ0) is 19.2. The van der Waals surface area contributed by atoms with E-state index in [0.29, 0.717) is 11.6 Å². The predicted molar refractivity (Wildman–Crippen MR) is 88.4 cm³/mol. The standard InChI is InChI=1S/C18H13F3O4S/c1-9-5-10(3-4-13(9)19)17-12(8-25-18(17)22)11-6-15(21)16(7-14(11)20)26(2,23)24/h3-7H,8H2,1-2H3. The number of sulfone groups is 1. The van der Waals surface area contributed by atoms with Crippen LogP contribution in [-0.4, -0.2) is 27.2 Å². The molecular weight excluding hydrogens is 369 g/mol. The fourth-order valence-corrected chi connectivity index (χ4v) is 3.48. The molecule has 8 heteroatoms. The molecule has 2 aromatic rings. The molecule has 0 aliphatic carbocycles. The molecule has 0 saturated carbocycles. The Morgan fingerprint density at radius 1 is 1.00 bits per heavy atom. The van der Waals surface area contributed by atoms with Crippen LogP contribution in [0.15, 0.2) is 35.2 Å². The highest BCUT2D eigenvalue weighted by Gasteiger charge is 2.30. The van der Waals surface area contributed by atoms with Gasteiger partial charge in [-0.1, -0.05) is 6.07 Å². The molecule has 0 N–H and O–H groups in total. The number of hydrogen-bond acceptors (Lipinski definition) is 4. The van der Waals surface area contributed by atoms with Crippen LogP contribution < -0.4 is 0 Å². The van der Waals surface area contributed by atoms with E-state index in [1.165, 1.54) is 19.1 Å². The van der Waals surface area contributed by atoms with Crippen LogP contribution in [0.25, 0.3) is 11.1 Å². The molecule has 0 bridgehead atoms. The highest BCUT2D eigenvalue weighted by Crippen LogP contribution is 2.35. The SMILES string of the molecule is Cc1cc(C2=C(c3cc(F)c(S(C)(=O)=O)cc3F)COC2=O)ccc1F. The van der Waals surface area contributed by atoms with Gasteiger partial charge in [-0.3, -0.25) is 0 Å². The minimum absolute atomic E-state index is 0.0153. The summed E-state index contributed by atoms with van der Waals surface area (Å²) in [5.41, 5.74) is 0.343. The second kappa shape index (κ2) is 6.28. The molecule has 0 fully saturated rings. The second-order valence-electron chi connectivity index (χ2n) is 5.93. The number of benzene rings is 2. The summed E-state index contributed by atoms with van der Waals surface area (Å²) in [6, 6.07) is 5.19. The molecule has 0 saturated heterocycles. The first-order valence-electron chi connectivity index (χ1n) is 7.46. The molecule has 136 valence electrons. The summed E-state index contributed by atoms with van der Waals surface area (Å²) >= 11 is 0. The van der Waals surface area contributed by atoms with E-state index in [-0.39, 0.29) is 28.9 Å². The van der Waals surface area contributed by atoms with Gasteiger partial charge in [0.05, 0.1) is 5.57 Å². The Morgan fingerprint density at radius 3 is 2.31 bits per heavy atom. The molecule has 0 amide bonds. The predicted octanol–water partition coefficient (Wildman–Crippen LogP) is 3.28. The van der Waals surface area contributed by atoms with Crippen molar-refractivity contribution >= 4 is 27.0 Å². The molecule has 1 heterocycles. The number of cyclic esters (lactones) is 1. The molecule has 1 aliphatic rings.